The number of hydrogen-bond acceptors (Lipinski definition) is 7. The SMILES string of the molecule is C=CC(=O)OCCN(c1ccc(C=C(c2ccccc2)c2ccc(OC(=O)C=C)cc2)cc1)c1ccc(OC(=O)C=C)cc1. The van der Waals surface area contributed by atoms with Crippen molar-refractivity contribution in [3.8, 4) is 11.5 Å². The molecule has 0 unspecified atom stereocenters. The van der Waals surface area contributed by atoms with E-state index < -0.39 is 17.9 Å². The van der Waals surface area contributed by atoms with E-state index >= 15 is 0 Å². The number of ether oxygens (including phenoxy) is 3. The number of nitrogens with zero attached hydrogens (tertiary/aromatic N) is 1. The lowest BCUT2D eigenvalue weighted by atomic mass is 9.95. The van der Waals surface area contributed by atoms with Crippen molar-refractivity contribution >= 4 is 40.9 Å². The molecule has 7 heteroatoms. The van der Waals surface area contributed by atoms with Crippen LogP contribution in [0.3, 0.4) is 0 Å². The number of carbonyl (C=O) groups excluding carboxylic acids is 3. The predicted molar refractivity (Wildman–Crippen MR) is 173 cm³/mol. The maximum atomic E-state index is 11.7. The zero-order valence-corrected chi connectivity index (χ0v) is 24.1. The Labute approximate surface area is 256 Å². The number of benzene rings is 4. The van der Waals surface area contributed by atoms with Crippen molar-refractivity contribution in [2.24, 2.45) is 0 Å². The molecule has 44 heavy (non-hydrogen) atoms. The standard InChI is InChI=1S/C37H31NO6/c1-4-35(39)42-25-24-38(31-18-22-33(23-19-31)44-37(41)6-3)30-16-12-27(13-17-30)26-34(28-10-8-7-9-11-28)29-14-20-32(21-15-29)43-36(40)5-2/h4-23,26H,1-3,24-25H2. The molecule has 0 bridgehead atoms. The summed E-state index contributed by atoms with van der Waals surface area (Å²) >= 11 is 0. The third kappa shape index (κ3) is 8.53. The first-order valence-electron chi connectivity index (χ1n) is 13.7. The Bertz CT molecular complexity index is 1650. The molecule has 0 saturated heterocycles. The Morgan fingerprint density at radius 1 is 0.591 bits per heavy atom. The van der Waals surface area contributed by atoms with Gasteiger partial charge in [-0.05, 0) is 76.9 Å². The summed E-state index contributed by atoms with van der Waals surface area (Å²) in [5, 5.41) is 0. The molecule has 0 radical (unpaired) electrons. The van der Waals surface area contributed by atoms with Crippen molar-refractivity contribution in [3.05, 3.63) is 158 Å². The summed E-state index contributed by atoms with van der Waals surface area (Å²) in [5.41, 5.74) is 5.58. The summed E-state index contributed by atoms with van der Waals surface area (Å²) in [7, 11) is 0. The van der Waals surface area contributed by atoms with Gasteiger partial charge in [0.25, 0.3) is 0 Å². The van der Waals surface area contributed by atoms with Gasteiger partial charge in [0.05, 0.1) is 6.54 Å². The van der Waals surface area contributed by atoms with Crippen molar-refractivity contribution in [1.82, 2.24) is 0 Å². The molecule has 4 aromatic carbocycles. The van der Waals surface area contributed by atoms with Crippen molar-refractivity contribution < 1.29 is 28.6 Å². The van der Waals surface area contributed by atoms with Gasteiger partial charge in [0.1, 0.15) is 18.1 Å². The second-order valence-corrected chi connectivity index (χ2v) is 9.31. The number of rotatable bonds is 13. The van der Waals surface area contributed by atoms with Gasteiger partial charge >= 0.3 is 17.9 Å². The molecule has 0 saturated carbocycles. The van der Waals surface area contributed by atoms with Crippen LogP contribution in [0.15, 0.2) is 141 Å². The number of hydrogen-bond donors (Lipinski definition) is 0. The Balaban J connectivity index is 1.64. The van der Waals surface area contributed by atoms with Gasteiger partial charge in [-0.2, -0.15) is 0 Å². The first kappa shape index (κ1) is 31.0. The minimum atomic E-state index is -0.545. The third-order valence-electron chi connectivity index (χ3n) is 6.41. The fourth-order valence-electron chi connectivity index (χ4n) is 4.28. The topological polar surface area (TPSA) is 82.1 Å². The molecular formula is C37H31NO6. The number of esters is 3. The molecule has 0 atom stereocenters. The first-order valence-corrected chi connectivity index (χ1v) is 13.7. The van der Waals surface area contributed by atoms with Crippen LogP contribution in [-0.2, 0) is 19.1 Å². The van der Waals surface area contributed by atoms with Crippen LogP contribution in [0.5, 0.6) is 11.5 Å². The van der Waals surface area contributed by atoms with Gasteiger partial charge < -0.3 is 19.1 Å². The van der Waals surface area contributed by atoms with Gasteiger partial charge in [0, 0.05) is 29.6 Å². The minimum absolute atomic E-state index is 0.135. The predicted octanol–water partition coefficient (Wildman–Crippen LogP) is 7.33. The largest absolute Gasteiger partial charge is 0.461 e. The van der Waals surface area contributed by atoms with Crippen molar-refractivity contribution in [2.75, 3.05) is 18.1 Å². The Morgan fingerprint density at radius 3 is 1.59 bits per heavy atom. The quantitative estimate of drug-likeness (QED) is 0.0703. The van der Waals surface area contributed by atoms with E-state index in [1.165, 1.54) is 0 Å². The fraction of sp³-hybridized carbons (Fsp3) is 0.0541. The molecule has 0 aromatic heterocycles. The van der Waals surface area contributed by atoms with Crippen molar-refractivity contribution in [2.45, 2.75) is 0 Å². The van der Waals surface area contributed by atoms with Gasteiger partial charge in [-0.15, -0.1) is 0 Å². The lowest BCUT2D eigenvalue weighted by Gasteiger charge is -2.25. The summed E-state index contributed by atoms with van der Waals surface area (Å²) in [6.45, 7) is 10.8. The Kier molecular flexibility index (Phi) is 10.8. The smallest absolute Gasteiger partial charge is 0.335 e. The molecule has 4 rings (SSSR count). The molecule has 0 heterocycles. The van der Waals surface area contributed by atoms with Crippen molar-refractivity contribution in [3.63, 3.8) is 0 Å². The highest BCUT2D eigenvalue weighted by atomic mass is 16.5. The third-order valence-corrected chi connectivity index (χ3v) is 6.41. The molecule has 0 amide bonds. The summed E-state index contributed by atoms with van der Waals surface area (Å²) in [4.78, 5) is 36.8. The molecule has 0 N–H and O–H groups in total. The summed E-state index contributed by atoms with van der Waals surface area (Å²) in [5.74, 6) is -0.746. The Hall–Kier alpha value is -5.95. The molecule has 220 valence electrons. The van der Waals surface area contributed by atoms with Gasteiger partial charge in [-0.3, -0.25) is 0 Å². The van der Waals surface area contributed by atoms with Crippen LogP contribution in [0.25, 0.3) is 11.6 Å². The highest BCUT2D eigenvalue weighted by Crippen LogP contribution is 2.31. The van der Waals surface area contributed by atoms with Crippen LogP contribution in [0.4, 0.5) is 11.4 Å². The monoisotopic (exact) mass is 585 g/mol. The second-order valence-electron chi connectivity index (χ2n) is 9.31. The summed E-state index contributed by atoms with van der Waals surface area (Å²) in [6, 6.07) is 32.3. The molecule has 4 aromatic rings. The maximum absolute atomic E-state index is 11.7. The average molecular weight is 586 g/mol. The number of carbonyl (C=O) groups is 3. The lowest BCUT2D eigenvalue weighted by Crippen LogP contribution is -2.23. The molecule has 0 aliphatic rings. The van der Waals surface area contributed by atoms with Crippen LogP contribution in [0.1, 0.15) is 16.7 Å². The normalized spacial score (nSPS) is 10.7. The minimum Gasteiger partial charge on any atom is -0.461 e. The van der Waals surface area contributed by atoms with Gasteiger partial charge in [0.15, 0.2) is 0 Å². The highest BCUT2D eigenvalue weighted by Gasteiger charge is 2.13. The lowest BCUT2D eigenvalue weighted by molar-refractivity contribution is -0.137. The molecule has 0 spiro atoms. The molecular weight excluding hydrogens is 554 g/mol. The number of anilines is 2. The van der Waals surface area contributed by atoms with Crippen LogP contribution in [-0.4, -0.2) is 31.1 Å². The van der Waals surface area contributed by atoms with Gasteiger partial charge in [-0.1, -0.05) is 74.3 Å². The van der Waals surface area contributed by atoms with Crippen LogP contribution in [0, 0.1) is 0 Å². The Morgan fingerprint density at radius 2 is 1.07 bits per heavy atom. The van der Waals surface area contributed by atoms with E-state index in [4.69, 9.17) is 14.2 Å². The zero-order chi connectivity index (χ0) is 31.3. The van der Waals surface area contributed by atoms with E-state index in [1.807, 2.05) is 83.8 Å². The summed E-state index contributed by atoms with van der Waals surface area (Å²) < 4.78 is 15.7. The highest BCUT2D eigenvalue weighted by molar-refractivity contribution is 5.92. The summed E-state index contributed by atoms with van der Waals surface area (Å²) in [6.07, 6.45) is 5.43. The van der Waals surface area contributed by atoms with Crippen LogP contribution in [0.2, 0.25) is 0 Å². The van der Waals surface area contributed by atoms with Crippen LogP contribution >= 0.6 is 0 Å². The molecule has 0 fully saturated rings. The van der Waals surface area contributed by atoms with E-state index in [0.717, 1.165) is 51.9 Å². The van der Waals surface area contributed by atoms with Crippen molar-refractivity contribution in [1.29, 1.82) is 0 Å². The van der Waals surface area contributed by atoms with E-state index in [1.54, 1.807) is 24.3 Å². The van der Waals surface area contributed by atoms with E-state index in [9.17, 15) is 14.4 Å². The maximum Gasteiger partial charge on any atom is 0.335 e. The average Bonchev–Trinajstić information content (AvgIpc) is 3.07. The fourth-order valence-corrected chi connectivity index (χ4v) is 4.28. The molecule has 0 aliphatic heterocycles. The zero-order valence-electron chi connectivity index (χ0n) is 24.1. The van der Waals surface area contributed by atoms with E-state index in [-0.39, 0.29) is 6.61 Å². The van der Waals surface area contributed by atoms with E-state index in [2.05, 4.69) is 25.8 Å². The van der Waals surface area contributed by atoms with Gasteiger partial charge in [-0.25, -0.2) is 14.4 Å². The second kappa shape index (κ2) is 15.3. The first-order chi connectivity index (χ1) is 21.4. The molecule has 7 nitrogen and oxygen atoms in total. The van der Waals surface area contributed by atoms with E-state index in [0.29, 0.717) is 18.0 Å². The molecule has 0 aliphatic carbocycles. The van der Waals surface area contributed by atoms with Gasteiger partial charge in [0.2, 0.25) is 0 Å². The van der Waals surface area contributed by atoms with Crippen LogP contribution < -0.4 is 14.4 Å².